The molecule has 0 saturated heterocycles. The highest BCUT2D eigenvalue weighted by Gasteiger charge is 2.63. The van der Waals surface area contributed by atoms with Crippen LogP contribution in [0.25, 0.3) is 0 Å². The standard InChI is InChI=1S/C20H28O4/c1-19-8-7-15-14-3-2-13(22)10-12(14)6-9-20(15,24)18(19)5-4-16(19)17(23)11-21/h10,14-16,18,21,24H,2-9,11H2,1H3/t14-,15-,16-,18+,19-,20-/m1/s1. The van der Waals surface area contributed by atoms with Crippen molar-refractivity contribution in [3.63, 3.8) is 0 Å². The zero-order valence-electron chi connectivity index (χ0n) is 14.5. The molecule has 0 aromatic rings. The molecule has 0 radical (unpaired) electrons. The first-order valence-electron chi connectivity index (χ1n) is 9.49. The van der Waals surface area contributed by atoms with Crippen LogP contribution in [0.1, 0.15) is 58.3 Å². The van der Waals surface area contributed by atoms with Crippen molar-refractivity contribution in [3.05, 3.63) is 11.6 Å². The van der Waals surface area contributed by atoms with Gasteiger partial charge in [-0.05, 0) is 74.2 Å². The molecular weight excluding hydrogens is 304 g/mol. The SMILES string of the molecule is C[C@]12CC[C@@H]3[C@@H]4CCC(=O)C=C4CC[C@]3(O)[C@H]1CC[C@@H]2C(=O)CO. The predicted octanol–water partition coefficient (Wildman–Crippen LogP) is 2.42. The van der Waals surface area contributed by atoms with Gasteiger partial charge in [-0.1, -0.05) is 12.5 Å². The van der Waals surface area contributed by atoms with E-state index >= 15 is 0 Å². The summed E-state index contributed by atoms with van der Waals surface area (Å²) in [6, 6.07) is 0. The van der Waals surface area contributed by atoms with Crippen LogP contribution in [0.15, 0.2) is 11.6 Å². The summed E-state index contributed by atoms with van der Waals surface area (Å²) in [5.41, 5.74) is 0.363. The first-order valence-corrected chi connectivity index (χ1v) is 9.49. The molecule has 132 valence electrons. The molecule has 0 aliphatic heterocycles. The minimum Gasteiger partial charge on any atom is -0.389 e. The number of rotatable bonds is 2. The zero-order chi connectivity index (χ0) is 17.1. The van der Waals surface area contributed by atoms with Gasteiger partial charge in [-0.3, -0.25) is 9.59 Å². The van der Waals surface area contributed by atoms with Crippen molar-refractivity contribution in [1.82, 2.24) is 0 Å². The summed E-state index contributed by atoms with van der Waals surface area (Å²) < 4.78 is 0. The summed E-state index contributed by atoms with van der Waals surface area (Å²) in [4.78, 5) is 24.0. The van der Waals surface area contributed by atoms with E-state index in [1.54, 1.807) is 0 Å². The third kappa shape index (κ3) is 2.12. The highest BCUT2D eigenvalue weighted by Crippen LogP contribution is 2.65. The monoisotopic (exact) mass is 332 g/mol. The molecule has 24 heavy (non-hydrogen) atoms. The van der Waals surface area contributed by atoms with Crippen LogP contribution in [-0.2, 0) is 9.59 Å². The molecule has 0 unspecified atom stereocenters. The van der Waals surface area contributed by atoms with Crippen molar-refractivity contribution in [3.8, 4) is 0 Å². The van der Waals surface area contributed by atoms with E-state index in [2.05, 4.69) is 6.92 Å². The predicted molar refractivity (Wildman–Crippen MR) is 89.1 cm³/mol. The van der Waals surface area contributed by atoms with Crippen molar-refractivity contribution in [2.45, 2.75) is 63.9 Å². The molecule has 0 aromatic carbocycles. The van der Waals surface area contributed by atoms with Crippen LogP contribution in [0.5, 0.6) is 0 Å². The summed E-state index contributed by atoms with van der Waals surface area (Å²) >= 11 is 0. The average molecular weight is 332 g/mol. The minimum absolute atomic E-state index is 0.0540. The van der Waals surface area contributed by atoms with E-state index in [9.17, 15) is 19.8 Å². The summed E-state index contributed by atoms with van der Waals surface area (Å²) in [5.74, 6) is 0.791. The molecule has 3 saturated carbocycles. The number of fused-ring (bicyclic) bond motifs is 5. The highest BCUT2D eigenvalue weighted by atomic mass is 16.3. The smallest absolute Gasteiger partial charge is 0.161 e. The zero-order valence-corrected chi connectivity index (χ0v) is 14.5. The molecule has 2 N–H and O–H groups in total. The molecule has 3 fully saturated rings. The molecule has 4 rings (SSSR count). The van der Waals surface area contributed by atoms with E-state index in [1.807, 2.05) is 6.08 Å². The molecule has 4 nitrogen and oxygen atoms in total. The Balaban J connectivity index is 1.66. The second-order valence-corrected chi connectivity index (χ2v) is 8.78. The Hall–Kier alpha value is -1.00. The third-order valence-corrected chi connectivity index (χ3v) is 7.94. The van der Waals surface area contributed by atoms with Crippen LogP contribution in [-0.4, -0.2) is 34.0 Å². The molecule has 4 aliphatic carbocycles. The van der Waals surface area contributed by atoms with Crippen molar-refractivity contribution < 1.29 is 19.8 Å². The van der Waals surface area contributed by atoms with E-state index in [1.165, 1.54) is 5.57 Å². The molecule has 6 atom stereocenters. The van der Waals surface area contributed by atoms with Gasteiger partial charge < -0.3 is 10.2 Å². The second kappa shape index (κ2) is 5.50. The van der Waals surface area contributed by atoms with Gasteiger partial charge in [0, 0.05) is 12.3 Å². The lowest BCUT2D eigenvalue weighted by Crippen LogP contribution is -2.59. The first-order chi connectivity index (χ1) is 11.4. The number of aliphatic hydroxyl groups excluding tert-OH is 1. The first kappa shape index (κ1) is 16.5. The van der Waals surface area contributed by atoms with Gasteiger partial charge in [0.15, 0.2) is 11.6 Å². The maximum atomic E-state index is 12.2. The Morgan fingerprint density at radius 3 is 2.75 bits per heavy atom. The van der Waals surface area contributed by atoms with Crippen molar-refractivity contribution >= 4 is 11.6 Å². The van der Waals surface area contributed by atoms with Crippen LogP contribution in [0.3, 0.4) is 0 Å². The maximum Gasteiger partial charge on any atom is 0.161 e. The topological polar surface area (TPSA) is 74.6 Å². The lowest BCUT2D eigenvalue weighted by Gasteiger charge is -2.58. The number of Topliss-reactive ketones (excluding diaryl/α,β-unsaturated/α-hetero) is 1. The Bertz CT molecular complexity index is 609. The van der Waals surface area contributed by atoms with Crippen molar-refractivity contribution in [1.29, 1.82) is 0 Å². The number of carbonyl (C=O) groups excluding carboxylic acids is 2. The molecule has 4 heteroatoms. The number of aliphatic hydroxyl groups is 2. The van der Waals surface area contributed by atoms with E-state index in [4.69, 9.17) is 0 Å². The number of ketones is 2. The van der Waals surface area contributed by atoms with Gasteiger partial charge in [0.25, 0.3) is 0 Å². The number of hydrogen-bond donors (Lipinski definition) is 2. The Morgan fingerprint density at radius 1 is 1.21 bits per heavy atom. The Morgan fingerprint density at radius 2 is 2.00 bits per heavy atom. The second-order valence-electron chi connectivity index (χ2n) is 8.78. The van der Waals surface area contributed by atoms with Gasteiger partial charge in [0.05, 0.1) is 5.60 Å². The van der Waals surface area contributed by atoms with Gasteiger partial charge in [-0.15, -0.1) is 0 Å². The van der Waals surface area contributed by atoms with Gasteiger partial charge in [-0.25, -0.2) is 0 Å². The van der Waals surface area contributed by atoms with Crippen molar-refractivity contribution in [2.75, 3.05) is 6.61 Å². The van der Waals surface area contributed by atoms with Crippen LogP contribution in [0.4, 0.5) is 0 Å². The van der Waals surface area contributed by atoms with Crippen LogP contribution < -0.4 is 0 Å². The molecule has 0 amide bonds. The molecule has 0 bridgehead atoms. The quantitative estimate of drug-likeness (QED) is 0.814. The summed E-state index contributed by atoms with van der Waals surface area (Å²) in [5, 5.41) is 21.0. The highest BCUT2D eigenvalue weighted by molar-refractivity contribution is 5.91. The number of carbonyl (C=O) groups is 2. The Kier molecular flexibility index (Phi) is 3.77. The summed E-state index contributed by atoms with van der Waals surface area (Å²) in [7, 11) is 0. The molecule has 0 aromatic heterocycles. The fraction of sp³-hybridized carbons (Fsp3) is 0.800. The third-order valence-electron chi connectivity index (χ3n) is 7.94. The van der Waals surface area contributed by atoms with Crippen LogP contribution in [0.2, 0.25) is 0 Å². The van der Waals surface area contributed by atoms with Crippen LogP contribution >= 0.6 is 0 Å². The van der Waals surface area contributed by atoms with Gasteiger partial charge in [0.1, 0.15) is 6.61 Å². The fourth-order valence-electron chi connectivity index (χ4n) is 6.86. The van der Waals surface area contributed by atoms with E-state index in [0.29, 0.717) is 18.8 Å². The van der Waals surface area contributed by atoms with Crippen LogP contribution in [0, 0.1) is 29.1 Å². The normalized spacial score (nSPS) is 47.5. The van der Waals surface area contributed by atoms with Gasteiger partial charge >= 0.3 is 0 Å². The lowest BCUT2D eigenvalue weighted by atomic mass is 9.49. The number of hydrogen-bond acceptors (Lipinski definition) is 4. The van der Waals surface area contributed by atoms with E-state index in [0.717, 1.165) is 38.5 Å². The summed E-state index contributed by atoms with van der Waals surface area (Å²) in [6.07, 6.45) is 8.39. The summed E-state index contributed by atoms with van der Waals surface area (Å²) in [6.45, 7) is 1.78. The molecule has 0 spiro atoms. The van der Waals surface area contributed by atoms with E-state index in [-0.39, 0.29) is 41.3 Å². The Labute approximate surface area is 143 Å². The molecule has 4 aliphatic rings. The van der Waals surface area contributed by atoms with Gasteiger partial charge in [0.2, 0.25) is 0 Å². The molecular formula is C20H28O4. The average Bonchev–Trinajstić information content (AvgIpc) is 2.92. The van der Waals surface area contributed by atoms with Gasteiger partial charge in [-0.2, -0.15) is 0 Å². The lowest BCUT2D eigenvalue weighted by molar-refractivity contribution is -0.173. The minimum atomic E-state index is -0.708. The fourth-order valence-corrected chi connectivity index (χ4v) is 6.86. The largest absolute Gasteiger partial charge is 0.389 e. The van der Waals surface area contributed by atoms with Crippen molar-refractivity contribution in [2.24, 2.45) is 29.1 Å². The molecule has 0 heterocycles. The van der Waals surface area contributed by atoms with E-state index < -0.39 is 5.60 Å². The maximum absolute atomic E-state index is 12.2. The number of allylic oxidation sites excluding steroid dienone is 1.